The first kappa shape index (κ1) is 13.5. The minimum absolute atomic E-state index is 0.248. The van der Waals surface area contributed by atoms with Crippen LogP contribution < -0.4 is 5.32 Å². The average molecular weight is 289 g/mol. The van der Waals surface area contributed by atoms with Gasteiger partial charge in [0.05, 0.1) is 15.2 Å². The predicted molar refractivity (Wildman–Crippen MR) is 82.0 cm³/mol. The summed E-state index contributed by atoms with van der Waals surface area (Å²) in [5.41, 5.74) is 1.04. The molecular weight excluding hydrogens is 270 g/mol. The Morgan fingerprint density at radius 2 is 2.35 bits per heavy atom. The number of para-hydroxylation sites is 1. The zero-order valence-electron chi connectivity index (χ0n) is 11.6. The van der Waals surface area contributed by atoms with E-state index in [1.807, 2.05) is 23.1 Å². The summed E-state index contributed by atoms with van der Waals surface area (Å²) < 4.78 is 1.20. The quantitative estimate of drug-likeness (QED) is 0.940. The number of piperazine rings is 1. The number of nitrogens with one attached hydrogen (secondary N) is 1. The van der Waals surface area contributed by atoms with Crippen LogP contribution in [0.2, 0.25) is 0 Å². The topological polar surface area (TPSA) is 45.2 Å². The van der Waals surface area contributed by atoms with Crippen LogP contribution in [-0.4, -0.2) is 41.5 Å². The van der Waals surface area contributed by atoms with E-state index in [-0.39, 0.29) is 5.91 Å². The molecule has 0 radical (unpaired) electrons. The van der Waals surface area contributed by atoms with E-state index in [4.69, 9.17) is 0 Å². The number of aryl methyl sites for hydroxylation is 1. The maximum atomic E-state index is 12.2. The van der Waals surface area contributed by atoms with E-state index in [1.54, 1.807) is 11.3 Å². The summed E-state index contributed by atoms with van der Waals surface area (Å²) in [6.07, 6.45) is 1.31. The van der Waals surface area contributed by atoms with E-state index < -0.39 is 0 Å². The fourth-order valence-electron chi connectivity index (χ4n) is 2.56. The zero-order chi connectivity index (χ0) is 13.9. The molecule has 4 nitrogen and oxygen atoms in total. The molecule has 1 amide bonds. The van der Waals surface area contributed by atoms with Gasteiger partial charge in [0.1, 0.15) is 0 Å². The van der Waals surface area contributed by atoms with Crippen molar-refractivity contribution in [3.8, 4) is 0 Å². The molecule has 1 N–H and O–H groups in total. The van der Waals surface area contributed by atoms with Gasteiger partial charge < -0.3 is 10.2 Å². The molecule has 2 heterocycles. The van der Waals surface area contributed by atoms with E-state index >= 15 is 0 Å². The third-order valence-corrected chi connectivity index (χ3v) is 4.71. The molecule has 2 aromatic rings. The molecule has 1 aliphatic rings. The zero-order valence-corrected chi connectivity index (χ0v) is 12.4. The van der Waals surface area contributed by atoms with Crippen molar-refractivity contribution in [2.45, 2.75) is 25.8 Å². The lowest BCUT2D eigenvalue weighted by Gasteiger charge is -2.31. The van der Waals surface area contributed by atoms with Crippen molar-refractivity contribution in [1.29, 1.82) is 0 Å². The van der Waals surface area contributed by atoms with Gasteiger partial charge in [0.25, 0.3) is 0 Å². The molecule has 1 aromatic carbocycles. The number of hydrogen-bond acceptors (Lipinski definition) is 4. The number of benzene rings is 1. The number of fused-ring (bicyclic) bond motifs is 1. The molecule has 3 rings (SSSR count). The molecule has 20 heavy (non-hydrogen) atoms. The van der Waals surface area contributed by atoms with Crippen LogP contribution in [0.3, 0.4) is 0 Å². The summed E-state index contributed by atoms with van der Waals surface area (Å²) in [5.74, 6) is 0.248. The van der Waals surface area contributed by atoms with E-state index in [2.05, 4.69) is 23.3 Å². The molecule has 0 bridgehead atoms. The molecule has 1 aromatic heterocycles. The average Bonchev–Trinajstić information content (AvgIpc) is 2.87. The Morgan fingerprint density at radius 3 is 3.15 bits per heavy atom. The Labute approximate surface area is 122 Å². The van der Waals surface area contributed by atoms with Crippen LogP contribution in [0.4, 0.5) is 0 Å². The van der Waals surface area contributed by atoms with Crippen LogP contribution in [0.5, 0.6) is 0 Å². The van der Waals surface area contributed by atoms with Gasteiger partial charge in [-0.3, -0.25) is 4.79 Å². The van der Waals surface area contributed by atoms with Crippen LogP contribution in [0.15, 0.2) is 24.3 Å². The highest BCUT2D eigenvalue weighted by Crippen LogP contribution is 2.22. The van der Waals surface area contributed by atoms with Crippen molar-refractivity contribution in [3.05, 3.63) is 29.3 Å². The van der Waals surface area contributed by atoms with Gasteiger partial charge in [-0.05, 0) is 19.1 Å². The normalized spacial score (nSPS) is 19.4. The molecule has 0 aliphatic carbocycles. The van der Waals surface area contributed by atoms with Gasteiger partial charge in [-0.2, -0.15) is 0 Å². The number of rotatable bonds is 3. The number of aromatic nitrogens is 1. The molecule has 5 heteroatoms. The van der Waals surface area contributed by atoms with Crippen LogP contribution in [-0.2, 0) is 11.2 Å². The molecule has 0 saturated carbocycles. The second-order valence-electron chi connectivity index (χ2n) is 5.27. The number of carbonyl (C=O) groups is 1. The molecular formula is C15H19N3OS. The summed E-state index contributed by atoms with van der Waals surface area (Å²) in [6, 6.07) is 8.53. The van der Waals surface area contributed by atoms with E-state index in [0.29, 0.717) is 12.5 Å². The van der Waals surface area contributed by atoms with Crippen LogP contribution in [0.25, 0.3) is 10.2 Å². The Hall–Kier alpha value is -1.46. The largest absolute Gasteiger partial charge is 0.340 e. The predicted octanol–water partition coefficient (Wildman–Crippen LogP) is 2.05. The smallest absolute Gasteiger partial charge is 0.223 e. The van der Waals surface area contributed by atoms with E-state index in [0.717, 1.165) is 36.6 Å². The molecule has 1 fully saturated rings. The van der Waals surface area contributed by atoms with Crippen molar-refractivity contribution in [2.75, 3.05) is 19.6 Å². The molecule has 1 atom stereocenters. The maximum absolute atomic E-state index is 12.2. The lowest BCUT2D eigenvalue weighted by Crippen LogP contribution is -2.51. The first-order valence-corrected chi connectivity index (χ1v) is 7.89. The Balaban J connectivity index is 1.59. The molecule has 0 spiro atoms. The van der Waals surface area contributed by atoms with Crippen molar-refractivity contribution in [2.24, 2.45) is 0 Å². The summed E-state index contributed by atoms with van der Waals surface area (Å²) in [4.78, 5) is 18.8. The minimum atomic E-state index is 0.248. The van der Waals surface area contributed by atoms with Crippen LogP contribution in [0.1, 0.15) is 18.4 Å². The number of hydrogen-bond donors (Lipinski definition) is 1. The summed E-state index contributed by atoms with van der Waals surface area (Å²) in [6.45, 7) is 4.66. The fourth-order valence-corrected chi connectivity index (χ4v) is 3.52. The lowest BCUT2D eigenvalue weighted by molar-refractivity contribution is -0.132. The molecule has 0 unspecified atom stereocenters. The number of nitrogens with zero attached hydrogens (tertiary/aromatic N) is 2. The van der Waals surface area contributed by atoms with Crippen molar-refractivity contribution in [3.63, 3.8) is 0 Å². The number of thiazole rings is 1. The second-order valence-corrected chi connectivity index (χ2v) is 6.39. The summed E-state index contributed by atoms with van der Waals surface area (Å²) >= 11 is 1.69. The molecule has 106 valence electrons. The second kappa shape index (κ2) is 5.89. The Bertz CT molecular complexity index is 577. The van der Waals surface area contributed by atoms with Crippen LogP contribution in [0, 0.1) is 0 Å². The highest BCUT2D eigenvalue weighted by Gasteiger charge is 2.20. The van der Waals surface area contributed by atoms with E-state index in [1.165, 1.54) is 4.70 Å². The number of carbonyl (C=O) groups excluding carboxylic acids is 1. The number of amides is 1. The van der Waals surface area contributed by atoms with Gasteiger partial charge in [-0.25, -0.2) is 4.98 Å². The highest BCUT2D eigenvalue weighted by atomic mass is 32.1. The monoisotopic (exact) mass is 289 g/mol. The van der Waals surface area contributed by atoms with Gasteiger partial charge >= 0.3 is 0 Å². The van der Waals surface area contributed by atoms with Crippen molar-refractivity contribution < 1.29 is 4.79 Å². The van der Waals surface area contributed by atoms with Crippen molar-refractivity contribution >= 4 is 27.5 Å². The first-order valence-electron chi connectivity index (χ1n) is 7.08. The maximum Gasteiger partial charge on any atom is 0.223 e. The van der Waals surface area contributed by atoms with Gasteiger partial charge in [-0.1, -0.05) is 12.1 Å². The van der Waals surface area contributed by atoms with Gasteiger partial charge in [-0.15, -0.1) is 11.3 Å². The molecule has 1 saturated heterocycles. The van der Waals surface area contributed by atoms with Crippen molar-refractivity contribution in [1.82, 2.24) is 15.2 Å². The third-order valence-electron chi connectivity index (χ3n) is 3.61. The van der Waals surface area contributed by atoms with Crippen LogP contribution >= 0.6 is 11.3 Å². The first-order chi connectivity index (χ1) is 9.72. The fraction of sp³-hybridized carbons (Fsp3) is 0.467. The highest BCUT2D eigenvalue weighted by molar-refractivity contribution is 7.18. The standard InChI is InChI=1S/C15H19N3OS/c1-11-10-18(9-8-16-11)15(19)7-6-14-17-12-4-2-3-5-13(12)20-14/h2-5,11,16H,6-10H2,1H3/t11-/m0/s1. The molecule has 1 aliphatic heterocycles. The van der Waals surface area contributed by atoms with Gasteiger partial charge in [0, 0.05) is 38.5 Å². The third kappa shape index (κ3) is 2.99. The minimum Gasteiger partial charge on any atom is -0.340 e. The lowest BCUT2D eigenvalue weighted by atomic mass is 10.2. The van der Waals surface area contributed by atoms with E-state index in [9.17, 15) is 4.79 Å². The summed E-state index contributed by atoms with van der Waals surface area (Å²) in [7, 11) is 0. The Morgan fingerprint density at radius 1 is 1.50 bits per heavy atom. The van der Waals surface area contributed by atoms with Gasteiger partial charge in [0.2, 0.25) is 5.91 Å². The SMILES string of the molecule is C[C@H]1CN(C(=O)CCc2nc3ccccc3s2)CCN1. The Kier molecular flexibility index (Phi) is 3.98. The van der Waals surface area contributed by atoms with Gasteiger partial charge in [0.15, 0.2) is 0 Å². The summed E-state index contributed by atoms with van der Waals surface area (Å²) in [5, 5.41) is 4.41.